The summed E-state index contributed by atoms with van der Waals surface area (Å²) < 4.78 is 0.948. The van der Waals surface area contributed by atoms with Crippen molar-refractivity contribution in [2.75, 3.05) is 5.75 Å². The molecular weight excluding hydrogens is 330 g/mol. The fourth-order valence-electron chi connectivity index (χ4n) is 1.76. The fourth-order valence-corrected chi connectivity index (χ4v) is 4.88. The zero-order valence-corrected chi connectivity index (χ0v) is 13.6. The number of carbonyl (C=O) groups excluding carboxylic acids is 1. The van der Waals surface area contributed by atoms with Crippen molar-refractivity contribution in [1.82, 2.24) is 4.98 Å². The van der Waals surface area contributed by atoms with E-state index in [4.69, 9.17) is 0 Å². The van der Waals surface area contributed by atoms with Crippen molar-refractivity contribution in [2.24, 2.45) is 0 Å². The van der Waals surface area contributed by atoms with Gasteiger partial charge in [-0.25, -0.2) is 0 Å². The molecule has 1 aliphatic heterocycles. The first kappa shape index (κ1) is 14.4. The van der Waals surface area contributed by atoms with E-state index in [9.17, 15) is 4.79 Å². The minimum atomic E-state index is 0.131. The number of thioether (sulfide) groups is 2. The van der Waals surface area contributed by atoms with Gasteiger partial charge in [-0.3, -0.25) is 9.78 Å². The molecule has 0 bridgehead atoms. The van der Waals surface area contributed by atoms with Crippen molar-refractivity contribution in [3.8, 4) is 0 Å². The van der Waals surface area contributed by atoms with Crippen LogP contribution < -0.4 is 0 Å². The van der Waals surface area contributed by atoms with Crippen LogP contribution in [0, 0.1) is 0 Å². The van der Waals surface area contributed by atoms with Crippen molar-refractivity contribution in [2.45, 2.75) is 36.0 Å². The van der Waals surface area contributed by atoms with Gasteiger partial charge in [-0.05, 0) is 28.1 Å². The molecule has 1 aliphatic rings. The molecule has 2 heterocycles. The first-order chi connectivity index (χ1) is 8.56. The van der Waals surface area contributed by atoms with Crippen LogP contribution in [0.15, 0.2) is 22.8 Å². The van der Waals surface area contributed by atoms with E-state index in [1.54, 1.807) is 6.20 Å². The maximum atomic E-state index is 12.2. The summed E-state index contributed by atoms with van der Waals surface area (Å²) in [6.45, 7) is 4.44. The first-order valence-electron chi connectivity index (χ1n) is 5.96. The van der Waals surface area contributed by atoms with Crippen LogP contribution in [-0.4, -0.2) is 32.3 Å². The molecule has 0 spiro atoms. The quantitative estimate of drug-likeness (QED) is 0.837. The molecule has 1 aromatic heterocycles. The molecule has 18 heavy (non-hydrogen) atoms. The summed E-state index contributed by atoms with van der Waals surface area (Å²) in [6.07, 6.45) is 2.20. The van der Waals surface area contributed by atoms with Crippen LogP contribution in [0.25, 0.3) is 0 Å². The second-order valence-electron chi connectivity index (χ2n) is 4.48. The molecule has 1 fully saturated rings. The average Bonchev–Trinajstić information content (AvgIpc) is 2.35. The first-order valence-corrected chi connectivity index (χ1v) is 8.75. The second-order valence-corrected chi connectivity index (χ2v) is 8.39. The lowest BCUT2D eigenvalue weighted by Crippen LogP contribution is -2.32. The summed E-state index contributed by atoms with van der Waals surface area (Å²) in [7, 11) is 0. The normalized spacial score (nSPS) is 28.1. The van der Waals surface area contributed by atoms with Crippen LogP contribution >= 0.6 is 39.5 Å². The molecule has 5 heteroatoms. The van der Waals surface area contributed by atoms with Gasteiger partial charge >= 0.3 is 0 Å². The van der Waals surface area contributed by atoms with Gasteiger partial charge in [-0.15, -0.1) is 11.8 Å². The number of pyridine rings is 1. The summed E-state index contributed by atoms with van der Waals surface area (Å²) in [5.74, 6) is 1.24. The molecular formula is C13H16BrNOS2. The Morgan fingerprint density at radius 3 is 2.83 bits per heavy atom. The third-order valence-corrected chi connectivity index (χ3v) is 6.96. The fraction of sp³-hybridized carbons (Fsp3) is 0.538. The standard InChI is InChI=1S/C13H16BrNOS2/c1-8-9(2)18-13(7-17-8)12(16)5-11-4-3-10(14)6-15-11/h3-4,6,8-9,13H,5,7H2,1-2H3. The number of nitrogens with zero attached hydrogens (tertiary/aromatic N) is 1. The number of aromatic nitrogens is 1. The maximum absolute atomic E-state index is 12.2. The Labute approximate surface area is 125 Å². The molecule has 1 aromatic rings. The Bertz CT molecular complexity index is 424. The van der Waals surface area contributed by atoms with Gasteiger partial charge in [-0.2, -0.15) is 11.8 Å². The summed E-state index contributed by atoms with van der Waals surface area (Å²) in [5, 5.41) is 1.33. The zero-order valence-electron chi connectivity index (χ0n) is 10.4. The van der Waals surface area contributed by atoms with Gasteiger partial charge in [0, 0.05) is 39.0 Å². The molecule has 1 saturated heterocycles. The molecule has 0 amide bonds. The Balaban J connectivity index is 1.94. The molecule has 3 unspecified atom stereocenters. The molecule has 98 valence electrons. The van der Waals surface area contributed by atoms with E-state index in [1.807, 2.05) is 35.7 Å². The van der Waals surface area contributed by atoms with E-state index in [-0.39, 0.29) is 5.25 Å². The lowest BCUT2D eigenvalue weighted by molar-refractivity contribution is -0.117. The summed E-state index contributed by atoms with van der Waals surface area (Å²) in [5.41, 5.74) is 0.861. The Hall–Kier alpha value is -0.0000000000000000555. The summed E-state index contributed by atoms with van der Waals surface area (Å²) >= 11 is 7.07. The van der Waals surface area contributed by atoms with Gasteiger partial charge < -0.3 is 0 Å². The van der Waals surface area contributed by atoms with E-state index in [1.165, 1.54) is 0 Å². The maximum Gasteiger partial charge on any atom is 0.152 e. The number of carbonyl (C=O) groups is 1. The molecule has 0 aromatic carbocycles. The van der Waals surface area contributed by atoms with E-state index < -0.39 is 0 Å². The van der Waals surface area contributed by atoms with Crippen molar-refractivity contribution in [3.63, 3.8) is 0 Å². The number of Topliss-reactive ketones (excluding diaryl/α,β-unsaturated/α-hetero) is 1. The SMILES string of the molecule is CC1SCC(C(=O)Cc2ccc(Br)cn2)SC1C. The van der Waals surface area contributed by atoms with Crippen LogP contribution in [0.3, 0.4) is 0 Å². The lowest BCUT2D eigenvalue weighted by atomic mass is 10.1. The largest absolute Gasteiger partial charge is 0.298 e. The topological polar surface area (TPSA) is 30.0 Å². The average molecular weight is 346 g/mol. The van der Waals surface area contributed by atoms with Crippen molar-refractivity contribution in [3.05, 3.63) is 28.5 Å². The lowest BCUT2D eigenvalue weighted by Gasteiger charge is -2.30. The van der Waals surface area contributed by atoms with Crippen LogP contribution in [0.2, 0.25) is 0 Å². The molecule has 0 N–H and O–H groups in total. The smallest absolute Gasteiger partial charge is 0.152 e. The highest BCUT2D eigenvalue weighted by atomic mass is 79.9. The van der Waals surface area contributed by atoms with E-state index in [0.29, 0.717) is 22.7 Å². The Morgan fingerprint density at radius 1 is 1.44 bits per heavy atom. The molecule has 0 aliphatic carbocycles. The highest BCUT2D eigenvalue weighted by Gasteiger charge is 2.30. The number of rotatable bonds is 3. The predicted octanol–water partition coefficient (Wildman–Crippen LogP) is 3.58. The third-order valence-electron chi connectivity index (χ3n) is 3.05. The third kappa shape index (κ3) is 3.75. The van der Waals surface area contributed by atoms with Crippen LogP contribution in [0.1, 0.15) is 19.5 Å². The van der Waals surface area contributed by atoms with Gasteiger partial charge in [0.1, 0.15) is 0 Å². The van der Waals surface area contributed by atoms with Crippen LogP contribution in [0.4, 0.5) is 0 Å². The number of ketones is 1. The monoisotopic (exact) mass is 345 g/mol. The summed E-state index contributed by atoms with van der Waals surface area (Å²) in [6, 6.07) is 3.84. The second kappa shape index (κ2) is 6.44. The van der Waals surface area contributed by atoms with Crippen molar-refractivity contribution in [1.29, 1.82) is 0 Å². The number of hydrogen-bond acceptors (Lipinski definition) is 4. The minimum Gasteiger partial charge on any atom is -0.298 e. The molecule has 2 rings (SSSR count). The van der Waals surface area contributed by atoms with E-state index in [2.05, 4.69) is 34.8 Å². The van der Waals surface area contributed by atoms with Crippen LogP contribution in [0.5, 0.6) is 0 Å². The van der Waals surface area contributed by atoms with Gasteiger partial charge in [-0.1, -0.05) is 13.8 Å². The van der Waals surface area contributed by atoms with Crippen LogP contribution in [-0.2, 0) is 11.2 Å². The number of hydrogen-bond donors (Lipinski definition) is 0. The van der Waals surface area contributed by atoms with Gasteiger partial charge in [0.2, 0.25) is 0 Å². The predicted molar refractivity (Wildman–Crippen MR) is 83.4 cm³/mol. The van der Waals surface area contributed by atoms with Gasteiger partial charge in [0.05, 0.1) is 5.25 Å². The minimum absolute atomic E-state index is 0.131. The molecule has 3 atom stereocenters. The molecule has 0 radical (unpaired) electrons. The zero-order chi connectivity index (χ0) is 13.1. The van der Waals surface area contributed by atoms with Gasteiger partial charge in [0.25, 0.3) is 0 Å². The van der Waals surface area contributed by atoms with Crippen molar-refractivity contribution < 1.29 is 4.79 Å². The highest BCUT2D eigenvalue weighted by Crippen LogP contribution is 2.36. The Kier molecular flexibility index (Phi) is 5.15. The Morgan fingerprint density at radius 2 is 2.22 bits per heavy atom. The number of halogens is 1. The highest BCUT2D eigenvalue weighted by molar-refractivity contribution is 9.10. The van der Waals surface area contributed by atoms with E-state index >= 15 is 0 Å². The summed E-state index contributed by atoms with van der Waals surface area (Å²) in [4.78, 5) is 16.5. The van der Waals surface area contributed by atoms with Crippen molar-refractivity contribution >= 4 is 45.2 Å². The molecule has 0 saturated carbocycles. The van der Waals surface area contributed by atoms with E-state index in [0.717, 1.165) is 15.9 Å². The molecule has 2 nitrogen and oxygen atoms in total. The van der Waals surface area contributed by atoms with Gasteiger partial charge in [0.15, 0.2) is 5.78 Å².